The number of guanidine groups is 1. The number of hydrogen-bond donors (Lipinski definition) is 2. The van der Waals surface area contributed by atoms with E-state index in [0.29, 0.717) is 12.5 Å². The zero-order chi connectivity index (χ0) is 20.6. The van der Waals surface area contributed by atoms with Crippen molar-refractivity contribution in [2.45, 2.75) is 51.2 Å². The van der Waals surface area contributed by atoms with E-state index < -0.39 is 0 Å². The topological polar surface area (TPSA) is 75.2 Å². The third-order valence-corrected chi connectivity index (χ3v) is 5.72. The van der Waals surface area contributed by atoms with Crippen LogP contribution < -0.4 is 20.1 Å². The summed E-state index contributed by atoms with van der Waals surface area (Å²) in [5.41, 5.74) is 0. The van der Waals surface area contributed by atoms with Gasteiger partial charge >= 0.3 is 0 Å². The normalized spacial score (nSPS) is 20.4. The summed E-state index contributed by atoms with van der Waals surface area (Å²) in [4.78, 5) is 19.0. The molecule has 1 aliphatic carbocycles. The number of halogens is 1. The Labute approximate surface area is 197 Å². The van der Waals surface area contributed by atoms with Crippen molar-refractivity contribution in [3.05, 3.63) is 24.3 Å². The Bertz CT molecular complexity index is 709. The molecule has 0 bridgehead atoms. The molecule has 0 spiro atoms. The molecular formula is C22H35IN4O3. The SMILES string of the molecule is CN=C(NCC(C)Oc1ccccc1OC)NC1CCN(C(=O)C2CCCC2)C1.I. The smallest absolute Gasteiger partial charge is 0.225 e. The van der Waals surface area contributed by atoms with Crippen LogP contribution in [0.25, 0.3) is 0 Å². The van der Waals surface area contributed by atoms with Gasteiger partial charge in [-0.25, -0.2) is 0 Å². The van der Waals surface area contributed by atoms with E-state index in [1.807, 2.05) is 36.1 Å². The Morgan fingerprint density at radius 2 is 1.93 bits per heavy atom. The third kappa shape index (κ3) is 6.65. The number of likely N-dealkylation sites (tertiary alicyclic amines) is 1. The molecule has 2 fully saturated rings. The number of benzene rings is 1. The quantitative estimate of drug-likeness (QED) is 0.322. The monoisotopic (exact) mass is 530 g/mol. The maximum atomic E-state index is 12.6. The summed E-state index contributed by atoms with van der Waals surface area (Å²) >= 11 is 0. The number of carbonyl (C=O) groups is 1. The molecule has 3 rings (SSSR count). The van der Waals surface area contributed by atoms with Crippen molar-refractivity contribution in [3.8, 4) is 11.5 Å². The highest BCUT2D eigenvalue weighted by molar-refractivity contribution is 14.0. The second kappa shape index (κ2) is 12.2. The van der Waals surface area contributed by atoms with E-state index in [4.69, 9.17) is 9.47 Å². The van der Waals surface area contributed by atoms with Crippen LogP contribution in [0.1, 0.15) is 39.0 Å². The van der Waals surface area contributed by atoms with Gasteiger partial charge in [-0.05, 0) is 38.3 Å². The number of methoxy groups -OCH3 is 1. The van der Waals surface area contributed by atoms with Gasteiger partial charge < -0.3 is 25.0 Å². The average molecular weight is 530 g/mol. The molecule has 7 nitrogen and oxygen atoms in total. The van der Waals surface area contributed by atoms with Crippen molar-refractivity contribution < 1.29 is 14.3 Å². The third-order valence-electron chi connectivity index (χ3n) is 5.72. The van der Waals surface area contributed by atoms with Gasteiger partial charge in [-0.1, -0.05) is 25.0 Å². The lowest BCUT2D eigenvalue weighted by Crippen LogP contribution is -2.47. The zero-order valence-electron chi connectivity index (χ0n) is 18.2. The summed E-state index contributed by atoms with van der Waals surface area (Å²) in [5.74, 6) is 2.78. The summed E-state index contributed by atoms with van der Waals surface area (Å²) in [6.07, 6.45) is 5.39. The van der Waals surface area contributed by atoms with Gasteiger partial charge in [0.05, 0.1) is 13.7 Å². The van der Waals surface area contributed by atoms with E-state index in [1.54, 1.807) is 14.2 Å². The summed E-state index contributed by atoms with van der Waals surface area (Å²) in [6, 6.07) is 7.86. The minimum Gasteiger partial charge on any atom is -0.493 e. The maximum absolute atomic E-state index is 12.6. The molecule has 2 N–H and O–H groups in total. The number of amides is 1. The summed E-state index contributed by atoms with van der Waals surface area (Å²) in [7, 11) is 3.40. The zero-order valence-corrected chi connectivity index (χ0v) is 20.6. The second-order valence-corrected chi connectivity index (χ2v) is 7.93. The van der Waals surface area contributed by atoms with E-state index in [1.165, 1.54) is 12.8 Å². The Morgan fingerprint density at radius 3 is 2.60 bits per heavy atom. The molecule has 1 amide bonds. The molecule has 0 radical (unpaired) electrons. The molecule has 2 aliphatic rings. The fourth-order valence-electron chi connectivity index (χ4n) is 4.11. The number of carbonyl (C=O) groups excluding carboxylic acids is 1. The molecule has 1 heterocycles. The van der Waals surface area contributed by atoms with Crippen LogP contribution in [0.3, 0.4) is 0 Å². The molecule has 1 aliphatic heterocycles. The van der Waals surface area contributed by atoms with E-state index >= 15 is 0 Å². The Hall–Kier alpha value is -1.71. The standard InChI is InChI=1S/C22H34N4O3.HI/c1-16(29-20-11-7-6-10-19(20)28-3)14-24-22(23-2)25-18-12-13-26(15-18)21(27)17-8-4-5-9-17;/h6-7,10-11,16-18H,4-5,8-9,12-15H2,1-3H3,(H2,23,24,25);1H. The van der Waals surface area contributed by atoms with E-state index in [-0.39, 0.29) is 42.0 Å². The van der Waals surface area contributed by atoms with Crippen LogP contribution >= 0.6 is 24.0 Å². The molecular weight excluding hydrogens is 495 g/mol. The van der Waals surface area contributed by atoms with Crippen molar-refractivity contribution >= 4 is 35.8 Å². The Balaban J connectivity index is 0.00000320. The summed E-state index contributed by atoms with van der Waals surface area (Å²) in [6.45, 7) is 4.19. The highest BCUT2D eigenvalue weighted by Crippen LogP contribution is 2.28. The van der Waals surface area contributed by atoms with Gasteiger partial charge in [0.1, 0.15) is 6.10 Å². The number of para-hydroxylation sites is 2. The number of nitrogens with one attached hydrogen (secondary N) is 2. The van der Waals surface area contributed by atoms with E-state index in [2.05, 4.69) is 15.6 Å². The molecule has 2 atom stereocenters. The largest absolute Gasteiger partial charge is 0.493 e. The fourth-order valence-corrected chi connectivity index (χ4v) is 4.11. The van der Waals surface area contributed by atoms with Crippen molar-refractivity contribution in [1.29, 1.82) is 0 Å². The highest BCUT2D eigenvalue weighted by atomic mass is 127. The predicted octanol–water partition coefficient (Wildman–Crippen LogP) is 3.04. The minimum atomic E-state index is -0.0612. The highest BCUT2D eigenvalue weighted by Gasteiger charge is 2.32. The number of ether oxygens (including phenoxy) is 2. The van der Waals surface area contributed by atoms with Gasteiger partial charge in [-0.2, -0.15) is 0 Å². The molecule has 30 heavy (non-hydrogen) atoms. The predicted molar refractivity (Wildman–Crippen MR) is 130 cm³/mol. The molecule has 1 saturated carbocycles. The molecule has 168 valence electrons. The molecule has 2 unspecified atom stereocenters. The van der Waals surface area contributed by atoms with Crippen molar-refractivity contribution in [2.24, 2.45) is 10.9 Å². The number of hydrogen-bond acceptors (Lipinski definition) is 4. The molecule has 1 aromatic carbocycles. The first-order valence-electron chi connectivity index (χ1n) is 10.7. The van der Waals surface area contributed by atoms with Gasteiger partial charge in [-0.15, -0.1) is 24.0 Å². The fraction of sp³-hybridized carbons (Fsp3) is 0.636. The van der Waals surface area contributed by atoms with Crippen molar-refractivity contribution in [3.63, 3.8) is 0 Å². The Kier molecular flexibility index (Phi) is 10.0. The van der Waals surface area contributed by atoms with Crippen LogP contribution in [0, 0.1) is 5.92 Å². The molecule has 8 heteroatoms. The number of nitrogens with zero attached hydrogens (tertiary/aromatic N) is 2. The lowest BCUT2D eigenvalue weighted by Gasteiger charge is -2.22. The first kappa shape index (κ1) is 24.6. The van der Waals surface area contributed by atoms with Crippen molar-refractivity contribution in [1.82, 2.24) is 15.5 Å². The van der Waals surface area contributed by atoms with Gasteiger partial charge in [0.25, 0.3) is 0 Å². The average Bonchev–Trinajstić information content (AvgIpc) is 3.43. The number of rotatable bonds is 7. The number of aliphatic imine (C=N–C) groups is 1. The van der Waals surface area contributed by atoms with Gasteiger partial charge in [0, 0.05) is 32.1 Å². The first-order chi connectivity index (χ1) is 14.1. The van der Waals surface area contributed by atoms with Crippen molar-refractivity contribution in [2.75, 3.05) is 33.8 Å². The molecule has 1 aromatic rings. The summed E-state index contributed by atoms with van der Waals surface area (Å²) in [5, 5.41) is 6.77. The van der Waals surface area contributed by atoms with Crippen LogP contribution in [0.2, 0.25) is 0 Å². The molecule has 0 aromatic heterocycles. The Morgan fingerprint density at radius 1 is 1.23 bits per heavy atom. The van der Waals surface area contributed by atoms with E-state index in [0.717, 1.165) is 49.8 Å². The lowest BCUT2D eigenvalue weighted by atomic mass is 10.1. The maximum Gasteiger partial charge on any atom is 0.225 e. The summed E-state index contributed by atoms with van der Waals surface area (Å²) < 4.78 is 11.3. The first-order valence-corrected chi connectivity index (χ1v) is 10.7. The van der Waals surface area contributed by atoms with Gasteiger partial charge in [-0.3, -0.25) is 9.79 Å². The van der Waals surface area contributed by atoms with Crippen LogP contribution in [0.4, 0.5) is 0 Å². The van der Waals surface area contributed by atoms with Crippen LogP contribution in [0.15, 0.2) is 29.3 Å². The minimum absolute atomic E-state index is 0. The molecule has 1 saturated heterocycles. The van der Waals surface area contributed by atoms with Crippen LogP contribution in [0.5, 0.6) is 11.5 Å². The lowest BCUT2D eigenvalue weighted by molar-refractivity contribution is -0.134. The van der Waals surface area contributed by atoms with E-state index in [9.17, 15) is 4.79 Å². The van der Waals surface area contributed by atoms with Crippen LogP contribution in [-0.4, -0.2) is 62.7 Å². The van der Waals surface area contributed by atoms with Crippen LogP contribution in [-0.2, 0) is 4.79 Å². The van der Waals surface area contributed by atoms with Gasteiger partial charge in [0.15, 0.2) is 17.5 Å². The second-order valence-electron chi connectivity index (χ2n) is 7.93. The van der Waals surface area contributed by atoms with Gasteiger partial charge in [0.2, 0.25) is 5.91 Å².